The lowest BCUT2D eigenvalue weighted by Crippen LogP contribution is -2.09. The summed E-state index contributed by atoms with van der Waals surface area (Å²) >= 11 is 0. The third-order valence-corrected chi connectivity index (χ3v) is 3.93. The molecule has 1 aliphatic rings. The molecule has 0 saturated carbocycles. The largest absolute Gasteiger partial charge is 0.496 e. The van der Waals surface area contributed by atoms with E-state index in [-0.39, 0.29) is 10.6 Å². The topological polar surface area (TPSA) is 70.2 Å². The first-order valence-electron chi connectivity index (χ1n) is 7.03. The van der Waals surface area contributed by atoms with Gasteiger partial charge in [-0.25, -0.2) is 4.98 Å². The molecule has 21 heavy (non-hydrogen) atoms. The Hall–Kier alpha value is -2.37. The molecule has 0 fully saturated rings. The summed E-state index contributed by atoms with van der Waals surface area (Å²) in [6.07, 6.45) is 6.23. The standard InChI is InChI=1S/C15H17N3O3/c1-21-15-7-6-12(18(19)20)8-11(15)9-17-10-16-13-4-2-3-5-14(13)17/h6-8,10H,2-5,9H2,1H3. The van der Waals surface area contributed by atoms with Gasteiger partial charge in [0.25, 0.3) is 5.69 Å². The van der Waals surface area contributed by atoms with E-state index in [0.29, 0.717) is 12.3 Å². The smallest absolute Gasteiger partial charge is 0.270 e. The Labute approximate surface area is 122 Å². The van der Waals surface area contributed by atoms with Gasteiger partial charge >= 0.3 is 0 Å². The molecule has 0 bridgehead atoms. The maximum absolute atomic E-state index is 10.9. The summed E-state index contributed by atoms with van der Waals surface area (Å²) in [5.74, 6) is 0.666. The van der Waals surface area contributed by atoms with Crippen LogP contribution in [0.1, 0.15) is 29.8 Å². The van der Waals surface area contributed by atoms with Crippen molar-refractivity contribution >= 4 is 5.69 Å². The first-order valence-corrected chi connectivity index (χ1v) is 7.03. The van der Waals surface area contributed by atoms with Crippen LogP contribution in [0.2, 0.25) is 0 Å². The molecule has 1 aliphatic carbocycles. The molecule has 3 rings (SSSR count). The molecule has 0 aliphatic heterocycles. The highest BCUT2D eigenvalue weighted by Crippen LogP contribution is 2.27. The number of hydrogen-bond acceptors (Lipinski definition) is 4. The number of fused-ring (bicyclic) bond motifs is 1. The van der Waals surface area contributed by atoms with Crippen LogP contribution in [0.15, 0.2) is 24.5 Å². The van der Waals surface area contributed by atoms with Gasteiger partial charge < -0.3 is 9.30 Å². The molecule has 0 N–H and O–H groups in total. The number of nitro groups is 1. The number of hydrogen-bond donors (Lipinski definition) is 0. The van der Waals surface area contributed by atoms with Crippen molar-refractivity contribution in [1.29, 1.82) is 0 Å². The Morgan fingerprint density at radius 2 is 2.19 bits per heavy atom. The van der Waals surface area contributed by atoms with E-state index in [4.69, 9.17) is 4.74 Å². The molecule has 0 amide bonds. The molecule has 110 valence electrons. The normalized spacial score (nSPS) is 13.8. The highest BCUT2D eigenvalue weighted by molar-refractivity contribution is 5.44. The van der Waals surface area contributed by atoms with Gasteiger partial charge in [-0.1, -0.05) is 0 Å². The van der Waals surface area contributed by atoms with Gasteiger partial charge in [-0.15, -0.1) is 0 Å². The van der Waals surface area contributed by atoms with E-state index in [1.807, 2.05) is 6.33 Å². The minimum atomic E-state index is -0.383. The van der Waals surface area contributed by atoms with Crippen molar-refractivity contribution in [3.05, 3.63) is 51.6 Å². The number of methoxy groups -OCH3 is 1. The Bertz CT molecular complexity index is 679. The number of nitro benzene ring substituents is 1. The molecule has 0 atom stereocenters. The molecule has 1 heterocycles. The van der Waals surface area contributed by atoms with Crippen LogP contribution in [-0.4, -0.2) is 21.6 Å². The summed E-state index contributed by atoms with van der Waals surface area (Å²) in [7, 11) is 1.58. The average Bonchev–Trinajstić information content (AvgIpc) is 2.90. The molecule has 0 spiro atoms. The fourth-order valence-electron chi connectivity index (χ4n) is 2.85. The molecule has 6 nitrogen and oxygen atoms in total. The number of ether oxygens (including phenoxy) is 1. The summed E-state index contributed by atoms with van der Waals surface area (Å²) < 4.78 is 7.40. The van der Waals surface area contributed by atoms with Crippen molar-refractivity contribution < 1.29 is 9.66 Å². The third-order valence-electron chi connectivity index (χ3n) is 3.93. The number of non-ortho nitro benzene ring substituents is 1. The van der Waals surface area contributed by atoms with E-state index >= 15 is 0 Å². The van der Waals surface area contributed by atoms with E-state index in [9.17, 15) is 10.1 Å². The van der Waals surface area contributed by atoms with Crippen molar-refractivity contribution in [2.45, 2.75) is 32.2 Å². The first kappa shape index (κ1) is 13.6. The maximum atomic E-state index is 10.9. The summed E-state index contributed by atoms with van der Waals surface area (Å²) in [6.45, 7) is 0.549. The molecule has 0 saturated heterocycles. The molecular weight excluding hydrogens is 270 g/mol. The van der Waals surface area contributed by atoms with Crippen LogP contribution in [0.3, 0.4) is 0 Å². The highest BCUT2D eigenvalue weighted by Gasteiger charge is 2.17. The Kier molecular flexibility index (Phi) is 3.60. The van der Waals surface area contributed by atoms with Gasteiger partial charge in [0.15, 0.2) is 0 Å². The van der Waals surface area contributed by atoms with Gasteiger partial charge in [0, 0.05) is 23.4 Å². The number of aryl methyl sites for hydroxylation is 1. The second kappa shape index (κ2) is 5.55. The molecule has 6 heteroatoms. The SMILES string of the molecule is COc1ccc([N+](=O)[O-])cc1Cn1cnc2c1CCCC2. The van der Waals surface area contributed by atoms with Crippen molar-refractivity contribution in [2.24, 2.45) is 0 Å². The molecule has 1 aromatic heterocycles. The molecule has 0 radical (unpaired) electrons. The molecule has 1 aromatic carbocycles. The number of rotatable bonds is 4. The van der Waals surface area contributed by atoms with E-state index in [2.05, 4.69) is 9.55 Å². The summed E-state index contributed by atoms with van der Waals surface area (Å²) in [6, 6.07) is 4.69. The van der Waals surface area contributed by atoms with Crippen LogP contribution in [0.5, 0.6) is 5.75 Å². The van der Waals surface area contributed by atoms with Crippen LogP contribution in [-0.2, 0) is 19.4 Å². The van der Waals surface area contributed by atoms with Gasteiger partial charge in [-0.2, -0.15) is 0 Å². The monoisotopic (exact) mass is 287 g/mol. The van der Waals surface area contributed by atoms with Gasteiger partial charge in [-0.05, 0) is 31.7 Å². The van der Waals surface area contributed by atoms with Gasteiger partial charge in [-0.3, -0.25) is 10.1 Å². The minimum absolute atomic E-state index is 0.0831. The van der Waals surface area contributed by atoms with Crippen LogP contribution < -0.4 is 4.74 Å². The fourth-order valence-corrected chi connectivity index (χ4v) is 2.85. The lowest BCUT2D eigenvalue weighted by molar-refractivity contribution is -0.384. The number of aromatic nitrogens is 2. The van der Waals surface area contributed by atoms with Crippen LogP contribution in [0.25, 0.3) is 0 Å². The number of imidazole rings is 1. The maximum Gasteiger partial charge on any atom is 0.270 e. The molecule has 2 aromatic rings. The van der Waals surface area contributed by atoms with Crippen LogP contribution in [0.4, 0.5) is 5.69 Å². The summed E-state index contributed by atoms with van der Waals surface area (Å²) in [5.41, 5.74) is 3.29. The highest BCUT2D eigenvalue weighted by atomic mass is 16.6. The zero-order chi connectivity index (χ0) is 14.8. The Morgan fingerprint density at radius 3 is 2.95 bits per heavy atom. The lowest BCUT2D eigenvalue weighted by Gasteiger charge is -2.15. The second-order valence-corrected chi connectivity index (χ2v) is 5.23. The van der Waals surface area contributed by atoms with Crippen molar-refractivity contribution in [1.82, 2.24) is 9.55 Å². The van der Waals surface area contributed by atoms with E-state index in [1.54, 1.807) is 19.2 Å². The summed E-state index contributed by atoms with van der Waals surface area (Å²) in [5, 5.41) is 10.9. The van der Waals surface area contributed by atoms with E-state index < -0.39 is 0 Å². The predicted molar refractivity (Wildman–Crippen MR) is 77.6 cm³/mol. The molecule has 0 unspecified atom stereocenters. The van der Waals surface area contributed by atoms with Crippen molar-refractivity contribution in [3.8, 4) is 5.75 Å². The fraction of sp³-hybridized carbons (Fsp3) is 0.400. The lowest BCUT2D eigenvalue weighted by atomic mass is 10.0. The average molecular weight is 287 g/mol. The zero-order valence-corrected chi connectivity index (χ0v) is 11.9. The van der Waals surface area contributed by atoms with Crippen LogP contribution >= 0.6 is 0 Å². The van der Waals surface area contributed by atoms with E-state index in [0.717, 1.165) is 24.1 Å². The quantitative estimate of drug-likeness (QED) is 0.640. The van der Waals surface area contributed by atoms with Gasteiger partial charge in [0.1, 0.15) is 5.75 Å². The minimum Gasteiger partial charge on any atom is -0.496 e. The van der Waals surface area contributed by atoms with Crippen molar-refractivity contribution in [2.75, 3.05) is 7.11 Å². The first-order chi connectivity index (χ1) is 10.2. The predicted octanol–water partition coefficient (Wildman–Crippen LogP) is 2.73. The van der Waals surface area contributed by atoms with E-state index in [1.165, 1.54) is 24.6 Å². The zero-order valence-electron chi connectivity index (χ0n) is 11.9. The Morgan fingerprint density at radius 1 is 1.38 bits per heavy atom. The number of benzene rings is 1. The number of nitrogens with zero attached hydrogens (tertiary/aromatic N) is 3. The van der Waals surface area contributed by atoms with Crippen LogP contribution in [0, 0.1) is 10.1 Å². The summed E-state index contributed by atoms with van der Waals surface area (Å²) in [4.78, 5) is 15.0. The van der Waals surface area contributed by atoms with Crippen molar-refractivity contribution in [3.63, 3.8) is 0 Å². The Balaban J connectivity index is 1.95. The molecular formula is C15H17N3O3. The third kappa shape index (κ3) is 2.61. The second-order valence-electron chi connectivity index (χ2n) is 5.23. The van der Waals surface area contributed by atoms with Gasteiger partial charge in [0.05, 0.1) is 30.6 Å². The van der Waals surface area contributed by atoms with Gasteiger partial charge in [0.2, 0.25) is 0 Å².